The molecule has 5 heteroatoms. The van der Waals surface area contributed by atoms with E-state index in [1.165, 1.54) is 0 Å². The predicted molar refractivity (Wildman–Crippen MR) is 67.0 cm³/mol. The molecule has 0 aromatic carbocycles. The molecule has 18 heavy (non-hydrogen) atoms. The van der Waals surface area contributed by atoms with Crippen LogP contribution in [0.4, 0.5) is 0 Å². The van der Waals surface area contributed by atoms with Gasteiger partial charge >= 0.3 is 0 Å². The monoisotopic (exact) mass is 254 g/mol. The lowest BCUT2D eigenvalue weighted by atomic mass is 9.97. The van der Waals surface area contributed by atoms with Gasteiger partial charge in [0.1, 0.15) is 0 Å². The third-order valence-electron chi connectivity index (χ3n) is 3.97. The summed E-state index contributed by atoms with van der Waals surface area (Å²) in [5, 5.41) is 2.82. The van der Waals surface area contributed by atoms with Gasteiger partial charge in [-0.15, -0.1) is 0 Å². The first-order valence-corrected chi connectivity index (χ1v) is 6.79. The fourth-order valence-corrected chi connectivity index (χ4v) is 2.74. The van der Waals surface area contributed by atoms with Crippen molar-refractivity contribution in [3.8, 4) is 0 Å². The number of hydrogen-bond donors (Lipinski definition) is 1. The number of carbonyl (C=O) groups is 2. The van der Waals surface area contributed by atoms with Gasteiger partial charge in [-0.25, -0.2) is 0 Å². The molecule has 1 N–H and O–H groups in total. The zero-order valence-corrected chi connectivity index (χ0v) is 11.0. The molecule has 0 saturated carbocycles. The molecule has 102 valence electrons. The van der Waals surface area contributed by atoms with E-state index < -0.39 is 0 Å². The number of ether oxygens (including phenoxy) is 1. The fourth-order valence-electron chi connectivity index (χ4n) is 2.74. The Balaban J connectivity index is 1.85. The molecule has 0 aliphatic carbocycles. The Kier molecular flexibility index (Phi) is 4.58. The minimum atomic E-state index is 0.0167. The number of hydrogen-bond acceptors (Lipinski definition) is 3. The third-order valence-corrected chi connectivity index (χ3v) is 3.97. The van der Waals surface area contributed by atoms with Crippen molar-refractivity contribution in [2.75, 3.05) is 26.7 Å². The summed E-state index contributed by atoms with van der Waals surface area (Å²) >= 11 is 0. The summed E-state index contributed by atoms with van der Waals surface area (Å²) in [6.45, 7) is 2.20. The van der Waals surface area contributed by atoms with Crippen molar-refractivity contribution in [2.45, 2.75) is 38.2 Å². The van der Waals surface area contributed by atoms with Gasteiger partial charge in [0.15, 0.2) is 0 Å². The van der Waals surface area contributed by atoms with Gasteiger partial charge in [0.25, 0.3) is 0 Å². The Morgan fingerprint density at radius 2 is 2.00 bits per heavy atom. The van der Waals surface area contributed by atoms with E-state index in [1.54, 1.807) is 7.11 Å². The highest BCUT2D eigenvalue weighted by molar-refractivity contribution is 5.81. The number of nitrogens with one attached hydrogen (secondary N) is 1. The average Bonchev–Trinajstić information content (AvgIpc) is 2.63. The van der Waals surface area contributed by atoms with Crippen molar-refractivity contribution in [2.24, 2.45) is 5.92 Å². The van der Waals surface area contributed by atoms with Gasteiger partial charge in [-0.1, -0.05) is 0 Å². The van der Waals surface area contributed by atoms with Crippen LogP contribution >= 0.6 is 0 Å². The molecule has 2 aliphatic rings. The van der Waals surface area contributed by atoms with Gasteiger partial charge in [-0.2, -0.15) is 0 Å². The first-order chi connectivity index (χ1) is 8.70. The maximum absolute atomic E-state index is 12.4. The summed E-state index contributed by atoms with van der Waals surface area (Å²) in [4.78, 5) is 25.6. The highest BCUT2D eigenvalue weighted by Crippen LogP contribution is 2.20. The molecule has 5 nitrogen and oxygen atoms in total. The molecule has 2 fully saturated rings. The molecule has 0 spiro atoms. The molecular formula is C13H22N2O3. The number of piperidine rings is 1. The van der Waals surface area contributed by atoms with E-state index in [1.807, 2.05) is 4.90 Å². The Hall–Kier alpha value is -1.10. The number of amides is 2. The molecule has 0 bridgehead atoms. The van der Waals surface area contributed by atoms with Crippen molar-refractivity contribution >= 4 is 11.8 Å². The summed E-state index contributed by atoms with van der Waals surface area (Å²) in [6.07, 6.45) is 4.08. The molecule has 0 radical (unpaired) electrons. The number of carbonyl (C=O) groups excluding carboxylic acids is 2. The van der Waals surface area contributed by atoms with Crippen molar-refractivity contribution in [1.29, 1.82) is 0 Å². The lowest BCUT2D eigenvalue weighted by Gasteiger charge is -2.33. The number of nitrogens with zero attached hydrogens (tertiary/aromatic N) is 1. The summed E-state index contributed by atoms with van der Waals surface area (Å²) < 4.78 is 5.31. The van der Waals surface area contributed by atoms with Gasteiger partial charge < -0.3 is 15.0 Å². The highest BCUT2D eigenvalue weighted by atomic mass is 16.5. The van der Waals surface area contributed by atoms with E-state index in [4.69, 9.17) is 4.74 Å². The van der Waals surface area contributed by atoms with E-state index in [0.29, 0.717) is 25.5 Å². The molecule has 0 aromatic heterocycles. The van der Waals surface area contributed by atoms with Crippen LogP contribution in [0.2, 0.25) is 0 Å². The quantitative estimate of drug-likeness (QED) is 0.782. The zero-order valence-electron chi connectivity index (χ0n) is 11.0. The maximum Gasteiger partial charge on any atom is 0.225 e. The predicted octanol–water partition coefficient (Wildman–Crippen LogP) is 0.540. The number of rotatable bonds is 2. The first-order valence-electron chi connectivity index (χ1n) is 6.79. The number of methoxy groups -OCH3 is 1. The Morgan fingerprint density at radius 1 is 1.28 bits per heavy atom. The molecule has 0 aromatic rings. The normalized spacial score (nSPS) is 26.6. The van der Waals surface area contributed by atoms with E-state index >= 15 is 0 Å². The van der Waals surface area contributed by atoms with Crippen molar-refractivity contribution in [1.82, 2.24) is 10.2 Å². The van der Waals surface area contributed by atoms with Crippen molar-refractivity contribution in [3.63, 3.8) is 0 Å². The number of likely N-dealkylation sites (tertiary alicyclic amines) is 1. The van der Waals surface area contributed by atoms with E-state index in [2.05, 4.69) is 5.32 Å². The van der Waals surface area contributed by atoms with Gasteiger partial charge in [-0.3, -0.25) is 9.59 Å². The third kappa shape index (κ3) is 3.22. The van der Waals surface area contributed by atoms with E-state index in [-0.39, 0.29) is 17.7 Å². The van der Waals surface area contributed by atoms with E-state index in [9.17, 15) is 9.59 Å². The molecule has 2 heterocycles. The second-order valence-electron chi connectivity index (χ2n) is 5.13. The summed E-state index contributed by atoms with van der Waals surface area (Å²) in [5.41, 5.74) is 0. The van der Waals surface area contributed by atoms with Crippen LogP contribution < -0.4 is 5.32 Å². The second kappa shape index (κ2) is 6.18. The Morgan fingerprint density at radius 3 is 2.67 bits per heavy atom. The lowest BCUT2D eigenvalue weighted by molar-refractivity contribution is -0.138. The first kappa shape index (κ1) is 13.3. The molecule has 1 atom stereocenters. The molecule has 2 aliphatic heterocycles. The summed E-state index contributed by atoms with van der Waals surface area (Å²) in [7, 11) is 1.73. The standard InChI is InChI=1S/C13H22N2O3/c1-18-11-5-8-15(9-6-11)13(17)10-2-3-12(16)14-7-4-10/h10-11H,2-9H2,1H3,(H,14,16)/t10-/m0/s1. The van der Waals surface area contributed by atoms with Crippen LogP contribution in [0.1, 0.15) is 32.1 Å². The lowest BCUT2D eigenvalue weighted by Crippen LogP contribution is -2.43. The van der Waals surface area contributed by atoms with Crippen LogP contribution in [-0.4, -0.2) is 49.6 Å². The van der Waals surface area contributed by atoms with Gasteiger partial charge in [-0.05, 0) is 25.7 Å². The van der Waals surface area contributed by atoms with E-state index in [0.717, 1.165) is 32.4 Å². The summed E-state index contributed by atoms with van der Waals surface area (Å²) in [6, 6.07) is 0. The van der Waals surface area contributed by atoms with Gasteiger partial charge in [0.05, 0.1) is 6.10 Å². The average molecular weight is 254 g/mol. The van der Waals surface area contributed by atoms with Crippen molar-refractivity contribution in [3.05, 3.63) is 0 Å². The molecular weight excluding hydrogens is 232 g/mol. The molecule has 2 amide bonds. The van der Waals surface area contributed by atoms with Crippen LogP contribution in [0.15, 0.2) is 0 Å². The van der Waals surface area contributed by atoms with Crippen LogP contribution in [-0.2, 0) is 14.3 Å². The van der Waals surface area contributed by atoms with Gasteiger partial charge in [0.2, 0.25) is 11.8 Å². The topological polar surface area (TPSA) is 58.6 Å². The molecule has 0 unspecified atom stereocenters. The molecule has 2 rings (SSSR count). The van der Waals surface area contributed by atoms with Crippen molar-refractivity contribution < 1.29 is 14.3 Å². The zero-order chi connectivity index (χ0) is 13.0. The Bertz CT molecular complexity index is 311. The van der Waals surface area contributed by atoms with Crippen LogP contribution in [0.25, 0.3) is 0 Å². The smallest absolute Gasteiger partial charge is 0.225 e. The van der Waals surface area contributed by atoms with Crippen LogP contribution in [0.3, 0.4) is 0 Å². The minimum Gasteiger partial charge on any atom is -0.381 e. The van der Waals surface area contributed by atoms with Crippen LogP contribution in [0.5, 0.6) is 0 Å². The largest absolute Gasteiger partial charge is 0.381 e. The Labute approximate surface area is 108 Å². The summed E-state index contributed by atoms with van der Waals surface area (Å²) in [5.74, 6) is 0.312. The fraction of sp³-hybridized carbons (Fsp3) is 0.846. The SMILES string of the molecule is COC1CCN(C(=O)[C@@H]2CCNC(=O)CC2)CC1. The maximum atomic E-state index is 12.4. The van der Waals surface area contributed by atoms with Crippen LogP contribution in [0, 0.1) is 5.92 Å². The second-order valence-corrected chi connectivity index (χ2v) is 5.13. The highest BCUT2D eigenvalue weighted by Gasteiger charge is 2.29. The minimum absolute atomic E-state index is 0.0167. The molecule has 2 saturated heterocycles. The van der Waals surface area contributed by atoms with Gasteiger partial charge in [0, 0.05) is 39.1 Å².